The van der Waals surface area contributed by atoms with Crippen molar-refractivity contribution >= 4 is 32.4 Å². The van der Waals surface area contributed by atoms with Crippen molar-refractivity contribution in [3.63, 3.8) is 0 Å². The zero-order chi connectivity index (χ0) is 20.9. The monoisotopic (exact) mass is 432 g/mol. The van der Waals surface area contributed by atoms with Crippen LogP contribution in [0.25, 0.3) is 0 Å². The molecule has 0 fully saturated rings. The van der Waals surface area contributed by atoms with Crippen LogP contribution in [0.15, 0.2) is 58.9 Å². The van der Waals surface area contributed by atoms with Gasteiger partial charge in [-0.3, -0.25) is 10.1 Å². The number of sulfonamides is 1. The molecule has 0 saturated heterocycles. The molecule has 1 amide bonds. The Labute approximate surface area is 173 Å². The fraction of sp³-hybridized carbons (Fsp3) is 0.211. The number of rotatable bonds is 8. The molecule has 0 aliphatic rings. The van der Waals surface area contributed by atoms with E-state index in [4.69, 9.17) is 4.74 Å². The minimum absolute atomic E-state index is 0.0998. The Morgan fingerprint density at radius 2 is 1.79 bits per heavy atom. The molecule has 3 aromatic rings. The summed E-state index contributed by atoms with van der Waals surface area (Å²) >= 11 is 0.775. The van der Waals surface area contributed by atoms with Crippen molar-refractivity contribution in [2.45, 2.75) is 24.2 Å². The first-order valence-electron chi connectivity index (χ1n) is 8.75. The van der Waals surface area contributed by atoms with Gasteiger partial charge in [-0.1, -0.05) is 47.2 Å². The molecule has 0 saturated carbocycles. The molecule has 0 spiro atoms. The first-order chi connectivity index (χ1) is 13.8. The Morgan fingerprint density at radius 3 is 2.48 bits per heavy atom. The summed E-state index contributed by atoms with van der Waals surface area (Å²) < 4.78 is 32.8. The summed E-state index contributed by atoms with van der Waals surface area (Å²) in [6.07, 6.45) is 0. The predicted octanol–water partition coefficient (Wildman–Crippen LogP) is 2.84. The van der Waals surface area contributed by atoms with Gasteiger partial charge in [0.1, 0.15) is 12.4 Å². The molecule has 8 nitrogen and oxygen atoms in total. The largest absolute Gasteiger partial charge is 0.492 e. The molecule has 0 aliphatic carbocycles. The molecule has 152 valence electrons. The van der Waals surface area contributed by atoms with Crippen LogP contribution in [0, 0.1) is 6.92 Å². The highest BCUT2D eigenvalue weighted by molar-refractivity contribution is 7.91. The number of carbonyl (C=O) groups excluding carboxylic acids is 1. The van der Waals surface area contributed by atoms with Crippen LogP contribution in [0.1, 0.15) is 22.8 Å². The van der Waals surface area contributed by atoms with Crippen molar-refractivity contribution in [1.82, 2.24) is 14.9 Å². The van der Waals surface area contributed by atoms with E-state index in [0.29, 0.717) is 11.3 Å². The van der Waals surface area contributed by atoms with Crippen molar-refractivity contribution in [3.8, 4) is 5.75 Å². The van der Waals surface area contributed by atoms with Crippen molar-refractivity contribution in [2.75, 3.05) is 11.9 Å². The summed E-state index contributed by atoms with van der Waals surface area (Å²) in [7, 11) is -3.89. The topological polar surface area (TPSA) is 110 Å². The Morgan fingerprint density at radius 1 is 1.10 bits per heavy atom. The van der Waals surface area contributed by atoms with Crippen LogP contribution in [-0.2, 0) is 10.0 Å². The van der Waals surface area contributed by atoms with Gasteiger partial charge in [-0.2, -0.15) is 0 Å². The lowest BCUT2D eigenvalue weighted by molar-refractivity contribution is 0.102. The van der Waals surface area contributed by atoms with Gasteiger partial charge in [-0.05, 0) is 38.1 Å². The van der Waals surface area contributed by atoms with Crippen LogP contribution in [0.5, 0.6) is 5.75 Å². The predicted molar refractivity (Wildman–Crippen MR) is 111 cm³/mol. The molecule has 3 rings (SSSR count). The van der Waals surface area contributed by atoms with Crippen LogP contribution in [0.4, 0.5) is 5.13 Å². The Balaban J connectivity index is 1.58. The molecule has 1 aromatic heterocycles. The third-order valence-electron chi connectivity index (χ3n) is 3.77. The molecule has 2 aromatic carbocycles. The second kappa shape index (κ2) is 9.12. The number of anilines is 1. The Hall–Kier alpha value is -2.82. The highest BCUT2D eigenvalue weighted by Gasteiger charge is 2.23. The molecular formula is C19H20N4O4S2. The lowest BCUT2D eigenvalue weighted by Gasteiger charge is -2.14. The average Bonchev–Trinajstić information content (AvgIpc) is 3.17. The number of aryl methyl sites for hydroxylation is 1. The van der Waals surface area contributed by atoms with Gasteiger partial charge in [0.05, 0.1) is 6.04 Å². The fourth-order valence-electron chi connectivity index (χ4n) is 2.33. The van der Waals surface area contributed by atoms with Crippen molar-refractivity contribution in [1.29, 1.82) is 0 Å². The maximum Gasteiger partial charge on any atom is 0.270 e. The molecule has 1 heterocycles. The number of amides is 1. The number of benzene rings is 2. The third-order valence-corrected chi connectivity index (χ3v) is 6.57. The molecule has 29 heavy (non-hydrogen) atoms. The highest BCUT2D eigenvalue weighted by atomic mass is 32.2. The molecule has 1 atom stereocenters. The second-order valence-corrected chi connectivity index (χ2v) is 9.20. The standard InChI is InChI=1S/C19H20N4O4S2/c1-13-8-10-16(11-9-13)27-12-14(2)23-29(25,26)19-22-21-18(28-19)20-17(24)15-6-4-3-5-7-15/h3-11,14,23H,12H2,1-2H3,(H,20,21,24)/t14-/m0/s1. The number of hydrogen-bond acceptors (Lipinski definition) is 7. The van der Waals surface area contributed by atoms with E-state index >= 15 is 0 Å². The van der Waals surface area contributed by atoms with E-state index in [9.17, 15) is 13.2 Å². The molecule has 0 bridgehead atoms. The van der Waals surface area contributed by atoms with Crippen LogP contribution >= 0.6 is 11.3 Å². The van der Waals surface area contributed by atoms with E-state index in [1.807, 2.05) is 31.2 Å². The lowest BCUT2D eigenvalue weighted by Crippen LogP contribution is -2.36. The van der Waals surface area contributed by atoms with Gasteiger partial charge in [0, 0.05) is 5.56 Å². The maximum atomic E-state index is 12.5. The number of carbonyl (C=O) groups is 1. The summed E-state index contributed by atoms with van der Waals surface area (Å²) in [5.74, 6) is 0.266. The van der Waals surface area contributed by atoms with Crippen molar-refractivity contribution in [2.24, 2.45) is 0 Å². The maximum absolute atomic E-state index is 12.5. The SMILES string of the molecule is Cc1ccc(OC[C@H](C)NS(=O)(=O)c2nnc(NC(=O)c3ccccc3)s2)cc1. The molecule has 2 N–H and O–H groups in total. The summed E-state index contributed by atoms with van der Waals surface area (Å²) in [6.45, 7) is 3.81. The zero-order valence-corrected chi connectivity index (χ0v) is 17.5. The van der Waals surface area contributed by atoms with Gasteiger partial charge in [0.2, 0.25) is 9.47 Å². The van der Waals surface area contributed by atoms with Crippen LogP contribution in [0.3, 0.4) is 0 Å². The van der Waals surface area contributed by atoms with Crippen LogP contribution < -0.4 is 14.8 Å². The van der Waals surface area contributed by atoms with Gasteiger partial charge in [-0.15, -0.1) is 10.2 Å². The molecule has 10 heteroatoms. The van der Waals surface area contributed by atoms with Gasteiger partial charge < -0.3 is 4.74 Å². The van der Waals surface area contributed by atoms with Gasteiger partial charge in [0.25, 0.3) is 15.9 Å². The quantitative estimate of drug-likeness (QED) is 0.530. The number of aromatic nitrogens is 2. The molecular weight excluding hydrogens is 412 g/mol. The van der Waals surface area contributed by atoms with Gasteiger partial charge in [0.15, 0.2) is 0 Å². The van der Waals surface area contributed by atoms with E-state index in [2.05, 4.69) is 20.2 Å². The molecule has 0 aliphatic heterocycles. The van der Waals surface area contributed by atoms with Crippen LogP contribution in [-0.4, -0.2) is 37.2 Å². The minimum atomic E-state index is -3.89. The minimum Gasteiger partial charge on any atom is -0.492 e. The lowest BCUT2D eigenvalue weighted by atomic mass is 10.2. The second-order valence-electron chi connectivity index (χ2n) is 6.34. The van der Waals surface area contributed by atoms with E-state index in [-0.39, 0.29) is 16.1 Å². The third kappa shape index (κ3) is 5.83. The first kappa shape index (κ1) is 20.9. The number of ether oxygens (including phenoxy) is 1. The molecule has 0 unspecified atom stereocenters. The molecule has 0 radical (unpaired) electrons. The summed E-state index contributed by atoms with van der Waals surface area (Å²) in [4.78, 5) is 12.1. The van der Waals surface area contributed by atoms with E-state index in [1.54, 1.807) is 37.3 Å². The van der Waals surface area contributed by atoms with E-state index in [1.165, 1.54) is 0 Å². The van der Waals surface area contributed by atoms with Crippen molar-refractivity contribution in [3.05, 3.63) is 65.7 Å². The van der Waals surface area contributed by atoms with Crippen molar-refractivity contribution < 1.29 is 17.9 Å². The Kier molecular flexibility index (Phi) is 6.57. The summed E-state index contributed by atoms with van der Waals surface area (Å²) in [6, 6.07) is 15.5. The van der Waals surface area contributed by atoms with Crippen LogP contribution in [0.2, 0.25) is 0 Å². The van der Waals surface area contributed by atoms with E-state index in [0.717, 1.165) is 16.9 Å². The Bertz CT molecular complexity index is 1070. The zero-order valence-electron chi connectivity index (χ0n) is 15.8. The number of nitrogens with one attached hydrogen (secondary N) is 2. The first-order valence-corrected chi connectivity index (χ1v) is 11.0. The normalized spacial score (nSPS) is 12.3. The van der Waals surface area contributed by atoms with Gasteiger partial charge >= 0.3 is 0 Å². The van der Waals surface area contributed by atoms with E-state index < -0.39 is 22.0 Å². The summed E-state index contributed by atoms with van der Waals surface area (Å²) in [5.41, 5.74) is 1.55. The average molecular weight is 433 g/mol. The number of nitrogens with zero attached hydrogens (tertiary/aromatic N) is 2. The number of hydrogen-bond donors (Lipinski definition) is 2. The smallest absolute Gasteiger partial charge is 0.270 e. The fourth-order valence-corrected chi connectivity index (χ4v) is 4.47. The summed E-state index contributed by atoms with van der Waals surface area (Å²) in [5, 5.41) is 10.1. The highest BCUT2D eigenvalue weighted by Crippen LogP contribution is 2.21. The van der Waals surface area contributed by atoms with Gasteiger partial charge in [-0.25, -0.2) is 13.1 Å².